The first kappa shape index (κ1) is 18.2. The van der Waals surface area contributed by atoms with E-state index in [9.17, 15) is 18.3 Å². The summed E-state index contributed by atoms with van der Waals surface area (Å²) in [4.78, 5) is 1.98. The zero-order valence-electron chi connectivity index (χ0n) is 13.6. The number of aliphatic hydroxyl groups is 1. The first-order chi connectivity index (χ1) is 10.7. The van der Waals surface area contributed by atoms with Gasteiger partial charge in [-0.05, 0) is 50.4 Å². The van der Waals surface area contributed by atoms with Crippen LogP contribution in [-0.4, -0.2) is 43.4 Å². The third-order valence-corrected chi connectivity index (χ3v) is 4.30. The van der Waals surface area contributed by atoms with Crippen molar-refractivity contribution in [3.8, 4) is 0 Å². The highest BCUT2D eigenvalue weighted by atomic mass is 19.4. The van der Waals surface area contributed by atoms with Crippen LogP contribution in [0.3, 0.4) is 0 Å². The monoisotopic (exact) mass is 331 g/mol. The predicted molar refractivity (Wildman–Crippen MR) is 82.1 cm³/mol. The van der Waals surface area contributed by atoms with E-state index in [4.69, 9.17) is 4.74 Å². The molecule has 1 saturated heterocycles. The highest BCUT2D eigenvalue weighted by Gasteiger charge is 2.33. The topological polar surface area (TPSA) is 32.7 Å². The summed E-state index contributed by atoms with van der Waals surface area (Å²) in [6.45, 7) is 4.15. The summed E-state index contributed by atoms with van der Waals surface area (Å²) >= 11 is 0. The summed E-state index contributed by atoms with van der Waals surface area (Å²) < 4.78 is 43.8. The minimum Gasteiger partial charge on any atom is -0.384 e. The number of halogens is 3. The Morgan fingerprint density at radius 2 is 1.83 bits per heavy atom. The average Bonchev–Trinajstić information content (AvgIpc) is 2.47. The molecule has 0 bridgehead atoms. The minimum absolute atomic E-state index is 0.283. The molecule has 2 rings (SSSR count). The lowest BCUT2D eigenvalue weighted by Crippen LogP contribution is -2.40. The standard InChI is InChI=1S/C17H24F3NO2/c1-16(22,12-21(2)11-13-6-8-23-9-7-13)14-4-3-5-15(10-14)17(18,19)20/h3-5,10,13,22H,6-9,11-12H2,1-2H3. The van der Waals surface area contributed by atoms with E-state index in [1.807, 2.05) is 11.9 Å². The molecule has 0 aliphatic carbocycles. The van der Waals surface area contributed by atoms with E-state index in [0.29, 0.717) is 5.92 Å². The van der Waals surface area contributed by atoms with Crippen molar-refractivity contribution < 1.29 is 23.0 Å². The average molecular weight is 331 g/mol. The van der Waals surface area contributed by atoms with Gasteiger partial charge in [-0.1, -0.05) is 12.1 Å². The molecule has 130 valence electrons. The second-order valence-electron chi connectivity index (χ2n) is 6.60. The first-order valence-electron chi connectivity index (χ1n) is 7.85. The second kappa shape index (κ2) is 7.20. The normalized spacial score (nSPS) is 19.8. The molecule has 1 aromatic rings. The Kier molecular flexibility index (Phi) is 5.70. The SMILES string of the molecule is CN(CC1CCOCC1)CC(C)(O)c1cccc(C(F)(F)F)c1. The van der Waals surface area contributed by atoms with Crippen LogP contribution in [0.1, 0.15) is 30.9 Å². The van der Waals surface area contributed by atoms with Crippen molar-refractivity contribution >= 4 is 0 Å². The van der Waals surface area contributed by atoms with Crippen molar-refractivity contribution in [3.05, 3.63) is 35.4 Å². The molecule has 1 aliphatic heterocycles. The van der Waals surface area contributed by atoms with Gasteiger partial charge in [-0.15, -0.1) is 0 Å². The van der Waals surface area contributed by atoms with Gasteiger partial charge < -0.3 is 14.7 Å². The lowest BCUT2D eigenvalue weighted by molar-refractivity contribution is -0.137. The van der Waals surface area contributed by atoms with Gasteiger partial charge in [0.15, 0.2) is 0 Å². The van der Waals surface area contributed by atoms with Gasteiger partial charge in [0.05, 0.1) is 11.2 Å². The molecular formula is C17H24F3NO2. The molecule has 1 aromatic carbocycles. The first-order valence-corrected chi connectivity index (χ1v) is 7.85. The quantitative estimate of drug-likeness (QED) is 0.899. The molecular weight excluding hydrogens is 307 g/mol. The van der Waals surface area contributed by atoms with Crippen LogP contribution in [-0.2, 0) is 16.5 Å². The number of benzene rings is 1. The summed E-state index contributed by atoms with van der Waals surface area (Å²) in [5.41, 5.74) is -1.78. The molecule has 23 heavy (non-hydrogen) atoms. The van der Waals surface area contributed by atoms with Crippen LogP contribution >= 0.6 is 0 Å². The number of likely N-dealkylation sites (N-methyl/N-ethyl adjacent to an activating group) is 1. The fourth-order valence-electron chi connectivity index (χ4n) is 3.08. The van der Waals surface area contributed by atoms with Crippen LogP contribution in [0.15, 0.2) is 24.3 Å². The van der Waals surface area contributed by atoms with E-state index in [0.717, 1.165) is 44.7 Å². The summed E-state index contributed by atoms with van der Waals surface area (Å²) in [5, 5.41) is 10.6. The Morgan fingerprint density at radius 3 is 2.43 bits per heavy atom. The van der Waals surface area contributed by atoms with Crippen LogP contribution in [0.4, 0.5) is 13.2 Å². The molecule has 1 atom stereocenters. The minimum atomic E-state index is -4.40. The highest BCUT2D eigenvalue weighted by molar-refractivity contribution is 5.29. The maximum atomic E-state index is 12.8. The molecule has 0 amide bonds. The number of ether oxygens (including phenoxy) is 1. The van der Waals surface area contributed by atoms with Crippen LogP contribution in [0, 0.1) is 5.92 Å². The van der Waals surface area contributed by atoms with E-state index in [1.165, 1.54) is 12.1 Å². The molecule has 6 heteroatoms. The van der Waals surface area contributed by atoms with Crippen LogP contribution in [0.5, 0.6) is 0 Å². The molecule has 1 heterocycles. The highest BCUT2D eigenvalue weighted by Crippen LogP contribution is 2.32. The third-order valence-electron chi connectivity index (χ3n) is 4.30. The molecule has 1 aliphatic rings. The van der Waals surface area contributed by atoms with Crippen molar-refractivity contribution in [1.29, 1.82) is 0 Å². The van der Waals surface area contributed by atoms with Crippen molar-refractivity contribution in [1.82, 2.24) is 4.90 Å². The summed E-state index contributed by atoms with van der Waals surface area (Å²) in [7, 11) is 1.89. The zero-order valence-corrected chi connectivity index (χ0v) is 13.6. The van der Waals surface area contributed by atoms with Gasteiger partial charge in [-0.3, -0.25) is 0 Å². The number of rotatable bonds is 5. The number of hydrogen-bond donors (Lipinski definition) is 1. The number of nitrogens with zero attached hydrogens (tertiary/aromatic N) is 1. The van der Waals surface area contributed by atoms with Crippen LogP contribution in [0.2, 0.25) is 0 Å². The third kappa shape index (κ3) is 5.19. The fourth-order valence-corrected chi connectivity index (χ4v) is 3.08. The number of alkyl halides is 3. The van der Waals surface area contributed by atoms with E-state index < -0.39 is 17.3 Å². The van der Waals surface area contributed by atoms with Gasteiger partial charge in [0, 0.05) is 26.3 Å². The van der Waals surface area contributed by atoms with E-state index in [1.54, 1.807) is 6.92 Å². The maximum Gasteiger partial charge on any atom is 0.416 e. The summed E-state index contributed by atoms with van der Waals surface area (Å²) in [5.74, 6) is 0.506. The second-order valence-corrected chi connectivity index (χ2v) is 6.60. The van der Waals surface area contributed by atoms with Crippen molar-refractivity contribution in [2.75, 3.05) is 33.4 Å². The van der Waals surface area contributed by atoms with Crippen molar-refractivity contribution in [2.24, 2.45) is 5.92 Å². The van der Waals surface area contributed by atoms with E-state index >= 15 is 0 Å². The van der Waals surface area contributed by atoms with Gasteiger partial charge in [0.2, 0.25) is 0 Å². The van der Waals surface area contributed by atoms with Gasteiger partial charge in [-0.25, -0.2) is 0 Å². The smallest absolute Gasteiger partial charge is 0.384 e. The largest absolute Gasteiger partial charge is 0.416 e. The zero-order chi connectivity index (χ0) is 17.1. The lowest BCUT2D eigenvalue weighted by atomic mass is 9.93. The van der Waals surface area contributed by atoms with E-state index in [2.05, 4.69) is 0 Å². The molecule has 1 N–H and O–H groups in total. The van der Waals surface area contributed by atoms with Gasteiger partial charge in [-0.2, -0.15) is 13.2 Å². The molecule has 0 saturated carbocycles. The maximum absolute atomic E-state index is 12.8. The Hall–Kier alpha value is -1.11. The molecule has 0 radical (unpaired) electrons. The Bertz CT molecular complexity index is 511. The predicted octanol–water partition coefficient (Wildman–Crippen LogP) is 3.27. The van der Waals surface area contributed by atoms with Gasteiger partial charge in [0.25, 0.3) is 0 Å². The molecule has 0 aromatic heterocycles. The van der Waals surface area contributed by atoms with Gasteiger partial charge >= 0.3 is 6.18 Å². The van der Waals surface area contributed by atoms with Crippen LogP contribution < -0.4 is 0 Å². The fraction of sp³-hybridized carbons (Fsp3) is 0.647. The van der Waals surface area contributed by atoms with Crippen molar-refractivity contribution in [3.63, 3.8) is 0 Å². The molecule has 1 unspecified atom stereocenters. The van der Waals surface area contributed by atoms with E-state index in [-0.39, 0.29) is 12.1 Å². The molecule has 3 nitrogen and oxygen atoms in total. The Morgan fingerprint density at radius 1 is 1.22 bits per heavy atom. The summed E-state index contributed by atoms with van der Waals surface area (Å²) in [6.07, 6.45) is -2.44. The van der Waals surface area contributed by atoms with Crippen molar-refractivity contribution in [2.45, 2.75) is 31.5 Å². The molecule has 0 spiro atoms. The van der Waals surface area contributed by atoms with Crippen LogP contribution in [0.25, 0.3) is 0 Å². The summed E-state index contributed by atoms with van der Waals surface area (Å²) in [6, 6.07) is 4.93. The Labute approximate surface area is 135 Å². The number of hydrogen-bond acceptors (Lipinski definition) is 3. The lowest BCUT2D eigenvalue weighted by Gasteiger charge is -2.33. The molecule has 1 fully saturated rings. The Balaban J connectivity index is 2.02. The van der Waals surface area contributed by atoms with Gasteiger partial charge in [0.1, 0.15) is 0 Å².